The van der Waals surface area contributed by atoms with Crippen molar-refractivity contribution in [2.45, 2.75) is 12.5 Å². The van der Waals surface area contributed by atoms with Gasteiger partial charge in [-0.15, -0.1) is 0 Å². The van der Waals surface area contributed by atoms with Crippen molar-refractivity contribution in [2.24, 2.45) is 5.73 Å². The van der Waals surface area contributed by atoms with Gasteiger partial charge < -0.3 is 5.73 Å². The number of aromatic nitrogens is 1. The predicted octanol–water partition coefficient (Wildman–Crippen LogP) is 4.27. The fourth-order valence-corrected chi connectivity index (χ4v) is 2.71. The van der Waals surface area contributed by atoms with E-state index in [1.54, 1.807) is 12.3 Å². The molecule has 2 nitrogen and oxygen atoms in total. The largest absolute Gasteiger partial charge is 0.324 e. The first kappa shape index (κ1) is 14.0. The maximum atomic E-state index is 13.1. The van der Waals surface area contributed by atoms with Crippen LogP contribution in [0, 0.1) is 5.82 Å². The van der Waals surface area contributed by atoms with Crippen molar-refractivity contribution in [2.75, 3.05) is 0 Å². The first-order chi connectivity index (χ1) is 10.1. The molecule has 0 aliphatic heterocycles. The molecule has 0 amide bonds. The molecule has 2 aromatic carbocycles. The highest BCUT2D eigenvalue weighted by Crippen LogP contribution is 2.27. The van der Waals surface area contributed by atoms with Crippen molar-refractivity contribution in [3.63, 3.8) is 0 Å². The lowest BCUT2D eigenvalue weighted by atomic mass is 9.97. The van der Waals surface area contributed by atoms with Gasteiger partial charge in [0.05, 0.1) is 0 Å². The van der Waals surface area contributed by atoms with E-state index in [1.165, 1.54) is 12.1 Å². The molecule has 1 atom stereocenters. The molecule has 4 heteroatoms. The molecular weight excluding hydrogens is 287 g/mol. The predicted molar refractivity (Wildman–Crippen MR) is 83.8 cm³/mol. The average Bonchev–Trinajstić information content (AvgIpc) is 2.49. The van der Waals surface area contributed by atoms with Gasteiger partial charge in [-0.05, 0) is 35.1 Å². The molecule has 3 aromatic rings. The van der Waals surface area contributed by atoms with Crippen molar-refractivity contribution in [1.82, 2.24) is 4.98 Å². The minimum atomic E-state index is -0.343. The lowest BCUT2D eigenvalue weighted by Gasteiger charge is -2.15. The molecule has 0 fully saturated rings. The number of hydrogen-bond acceptors (Lipinski definition) is 2. The first-order valence-electron chi connectivity index (χ1n) is 6.67. The second-order valence-electron chi connectivity index (χ2n) is 5.00. The summed E-state index contributed by atoms with van der Waals surface area (Å²) in [6.45, 7) is 0. The molecule has 0 saturated heterocycles. The van der Waals surface area contributed by atoms with Crippen molar-refractivity contribution in [3.8, 4) is 0 Å². The van der Waals surface area contributed by atoms with Gasteiger partial charge in [0.2, 0.25) is 0 Å². The van der Waals surface area contributed by atoms with Gasteiger partial charge in [-0.1, -0.05) is 41.9 Å². The topological polar surface area (TPSA) is 38.9 Å². The van der Waals surface area contributed by atoms with Gasteiger partial charge in [-0.3, -0.25) is 4.98 Å². The molecule has 3 rings (SSSR count). The minimum Gasteiger partial charge on any atom is -0.324 e. The van der Waals surface area contributed by atoms with Gasteiger partial charge >= 0.3 is 0 Å². The zero-order valence-electron chi connectivity index (χ0n) is 11.3. The number of halogens is 2. The van der Waals surface area contributed by atoms with Gasteiger partial charge in [0, 0.05) is 28.8 Å². The Kier molecular flexibility index (Phi) is 3.86. The monoisotopic (exact) mass is 300 g/mol. The smallest absolute Gasteiger partial charge is 0.124 e. The van der Waals surface area contributed by atoms with Crippen LogP contribution in [0.5, 0.6) is 0 Å². The van der Waals surface area contributed by atoms with Crippen LogP contribution < -0.4 is 5.73 Å². The zero-order valence-corrected chi connectivity index (χ0v) is 12.0. The Balaban J connectivity index is 1.95. The normalized spacial score (nSPS) is 12.5. The fourth-order valence-electron chi connectivity index (χ4n) is 2.47. The minimum absolute atomic E-state index is 0.244. The highest BCUT2D eigenvalue weighted by Gasteiger charge is 2.13. The standard InChI is InChI=1S/C17H14ClFN2/c18-16-8-13(19)6-5-11(16)7-17(20)15-10-21-9-12-3-1-2-4-14(12)15/h1-6,8-10,17H,7,20H2. The molecule has 21 heavy (non-hydrogen) atoms. The van der Waals surface area contributed by atoms with Crippen molar-refractivity contribution >= 4 is 22.4 Å². The summed E-state index contributed by atoms with van der Waals surface area (Å²) in [5, 5.41) is 2.53. The Morgan fingerprint density at radius 3 is 2.76 bits per heavy atom. The fraction of sp³-hybridized carbons (Fsp3) is 0.118. The van der Waals surface area contributed by atoms with E-state index >= 15 is 0 Å². The summed E-state index contributed by atoms with van der Waals surface area (Å²) in [6.07, 6.45) is 4.13. The molecule has 106 valence electrons. The van der Waals surface area contributed by atoms with Gasteiger partial charge in [-0.2, -0.15) is 0 Å². The number of fused-ring (bicyclic) bond motifs is 1. The van der Waals surface area contributed by atoms with E-state index < -0.39 is 0 Å². The molecule has 0 spiro atoms. The van der Waals surface area contributed by atoms with E-state index in [0.717, 1.165) is 21.9 Å². The average molecular weight is 301 g/mol. The van der Waals surface area contributed by atoms with Crippen molar-refractivity contribution in [3.05, 3.63) is 76.8 Å². The third-order valence-corrected chi connectivity index (χ3v) is 3.91. The van der Waals surface area contributed by atoms with Crippen LogP contribution >= 0.6 is 11.6 Å². The molecular formula is C17H14ClFN2. The highest BCUT2D eigenvalue weighted by molar-refractivity contribution is 6.31. The molecule has 0 aliphatic rings. The van der Waals surface area contributed by atoms with E-state index in [1.807, 2.05) is 30.5 Å². The van der Waals surface area contributed by atoms with Crippen LogP contribution in [0.2, 0.25) is 5.02 Å². The number of benzene rings is 2. The Morgan fingerprint density at radius 2 is 1.95 bits per heavy atom. The highest BCUT2D eigenvalue weighted by atomic mass is 35.5. The SMILES string of the molecule is NC(Cc1ccc(F)cc1Cl)c1cncc2ccccc12. The van der Waals surface area contributed by atoms with Crippen LogP contribution in [0.3, 0.4) is 0 Å². The van der Waals surface area contributed by atoms with E-state index in [-0.39, 0.29) is 11.9 Å². The second kappa shape index (κ2) is 5.80. The van der Waals surface area contributed by atoms with E-state index in [4.69, 9.17) is 17.3 Å². The van der Waals surface area contributed by atoms with E-state index in [9.17, 15) is 4.39 Å². The van der Waals surface area contributed by atoms with Crippen molar-refractivity contribution in [1.29, 1.82) is 0 Å². The number of rotatable bonds is 3. The molecule has 0 radical (unpaired) electrons. The molecule has 1 aromatic heterocycles. The Labute approximate surface area is 127 Å². The van der Waals surface area contributed by atoms with Crippen LogP contribution in [0.25, 0.3) is 10.8 Å². The van der Waals surface area contributed by atoms with Crippen LogP contribution in [0.15, 0.2) is 54.9 Å². The van der Waals surface area contributed by atoms with Crippen LogP contribution in [0.1, 0.15) is 17.2 Å². The summed E-state index contributed by atoms with van der Waals surface area (Å²) in [6, 6.07) is 12.1. The number of hydrogen-bond donors (Lipinski definition) is 1. The molecule has 0 bridgehead atoms. The third kappa shape index (κ3) is 2.89. The van der Waals surface area contributed by atoms with Crippen LogP contribution in [0.4, 0.5) is 4.39 Å². The summed E-state index contributed by atoms with van der Waals surface area (Å²) in [5.41, 5.74) is 8.11. The van der Waals surface area contributed by atoms with Gasteiger partial charge in [-0.25, -0.2) is 4.39 Å². The molecule has 2 N–H and O–H groups in total. The van der Waals surface area contributed by atoms with Crippen LogP contribution in [-0.4, -0.2) is 4.98 Å². The Morgan fingerprint density at radius 1 is 1.14 bits per heavy atom. The molecule has 0 aliphatic carbocycles. The lowest BCUT2D eigenvalue weighted by molar-refractivity contribution is 0.625. The zero-order chi connectivity index (χ0) is 14.8. The number of nitrogens with two attached hydrogens (primary N) is 1. The summed E-state index contributed by atoms with van der Waals surface area (Å²) in [5.74, 6) is -0.343. The Hall–Kier alpha value is -1.97. The summed E-state index contributed by atoms with van der Waals surface area (Å²) in [7, 11) is 0. The van der Waals surface area contributed by atoms with Gasteiger partial charge in [0.15, 0.2) is 0 Å². The maximum absolute atomic E-state index is 13.1. The lowest BCUT2D eigenvalue weighted by Crippen LogP contribution is -2.14. The molecule has 1 heterocycles. The maximum Gasteiger partial charge on any atom is 0.124 e. The number of pyridine rings is 1. The Bertz CT molecular complexity index is 783. The van der Waals surface area contributed by atoms with Crippen LogP contribution in [-0.2, 0) is 6.42 Å². The third-order valence-electron chi connectivity index (χ3n) is 3.55. The molecule has 1 unspecified atom stereocenters. The van der Waals surface area contributed by atoms with E-state index in [0.29, 0.717) is 11.4 Å². The van der Waals surface area contributed by atoms with Gasteiger partial charge in [0.1, 0.15) is 5.82 Å². The second-order valence-corrected chi connectivity index (χ2v) is 5.40. The molecule has 0 saturated carbocycles. The van der Waals surface area contributed by atoms with Gasteiger partial charge in [0.25, 0.3) is 0 Å². The number of nitrogens with zero attached hydrogens (tertiary/aromatic N) is 1. The first-order valence-corrected chi connectivity index (χ1v) is 7.05. The van der Waals surface area contributed by atoms with Crippen molar-refractivity contribution < 1.29 is 4.39 Å². The summed E-state index contributed by atoms with van der Waals surface area (Å²) in [4.78, 5) is 4.24. The summed E-state index contributed by atoms with van der Waals surface area (Å²) >= 11 is 6.07. The van der Waals surface area contributed by atoms with E-state index in [2.05, 4.69) is 4.98 Å². The summed E-state index contributed by atoms with van der Waals surface area (Å²) < 4.78 is 13.1. The quantitative estimate of drug-likeness (QED) is 0.784.